The van der Waals surface area contributed by atoms with E-state index in [1.807, 2.05) is 42.5 Å². The second-order valence-electron chi connectivity index (χ2n) is 8.82. The number of nitrogens with zero attached hydrogens (tertiary/aromatic N) is 2. The number of nitrogens with one attached hydrogen (secondary N) is 1. The van der Waals surface area contributed by atoms with Crippen LogP contribution in [0.3, 0.4) is 0 Å². The SMILES string of the molecule is O=C(CNC(=O)c1cccnc1F)CC1CCCN(c2ccc(OCc3ccccc3)cc2)CC1. The maximum absolute atomic E-state index is 13.6. The zero-order chi connectivity index (χ0) is 24.5. The molecular formula is C28H30FN3O3. The van der Waals surface area contributed by atoms with Gasteiger partial charge in [0.15, 0.2) is 5.78 Å². The molecule has 0 saturated carbocycles. The Balaban J connectivity index is 1.21. The van der Waals surface area contributed by atoms with Gasteiger partial charge in [-0.1, -0.05) is 30.3 Å². The number of hydrogen-bond acceptors (Lipinski definition) is 5. The van der Waals surface area contributed by atoms with Crippen LogP contribution in [0, 0.1) is 11.9 Å². The van der Waals surface area contributed by atoms with Gasteiger partial charge in [0.2, 0.25) is 5.95 Å². The van der Waals surface area contributed by atoms with E-state index >= 15 is 0 Å². The van der Waals surface area contributed by atoms with Gasteiger partial charge in [-0.2, -0.15) is 4.39 Å². The van der Waals surface area contributed by atoms with Crippen molar-refractivity contribution in [2.24, 2.45) is 5.92 Å². The number of carbonyl (C=O) groups excluding carboxylic acids is 2. The highest BCUT2D eigenvalue weighted by atomic mass is 19.1. The highest BCUT2D eigenvalue weighted by molar-refractivity contribution is 5.96. The second kappa shape index (κ2) is 12.1. The summed E-state index contributed by atoms with van der Waals surface area (Å²) in [6.07, 6.45) is 4.56. The summed E-state index contributed by atoms with van der Waals surface area (Å²) in [6, 6.07) is 21.1. The van der Waals surface area contributed by atoms with Gasteiger partial charge in [-0.25, -0.2) is 4.98 Å². The van der Waals surface area contributed by atoms with Crippen LogP contribution < -0.4 is 15.0 Å². The molecule has 1 amide bonds. The van der Waals surface area contributed by atoms with Crippen molar-refractivity contribution in [2.75, 3.05) is 24.5 Å². The molecule has 1 saturated heterocycles. The number of Topliss-reactive ketones (excluding diaryl/α,β-unsaturated/α-hetero) is 1. The first kappa shape index (κ1) is 24.4. The molecule has 1 N–H and O–H groups in total. The molecule has 1 aromatic heterocycles. The van der Waals surface area contributed by atoms with Gasteiger partial charge >= 0.3 is 0 Å². The summed E-state index contributed by atoms with van der Waals surface area (Å²) in [5, 5.41) is 2.51. The van der Waals surface area contributed by atoms with Gasteiger partial charge in [0.25, 0.3) is 5.91 Å². The van der Waals surface area contributed by atoms with Crippen molar-refractivity contribution in [1.82, 2.24) is 10.3 Å². The number of ether oxygens (including phenoxy) is 1. The van der Waals surface area contributed by atoms with E-state index in [9.17, 15) is 14.0 Å². The van der Waals surface area contributed by atoms with Crippen LogP contribution in [0.1, 0.15) is 41.6 Å². The summed E-state index contributed by atoms with van der Waals surface area (Å²) < 4.78 is 19.5. The number of rotatable bonds is 9. The topological polar surface area (TPSA) is 71.5 Å². The molecule has 0 spiro atoms. The van der Waals surface area contributed by atoms with Gasteiger partial charge in [0.05, 0.1) is 12.1 Å². The molecule has 1 aliphatic heterocycles. The lowest BCUT2D eigenvalue weighted by Gasteiger charge is -2.23. The standard InChI is InChI=1S/C28H30FN3O3/c29-27-26(9-4-15-30-27)28(34)31-19-24(33)18-21-8-5-16-32(17-14-21)23-10-12-25(13-11-23)35-20-22-6-2-1-3-7-22/h1-4,6-7,9-13,15,21H,5,8,14,16-20H2,(H,31,34). The number of halogens is 1. The summed E-state index contributed by atoms with van der Waals surface area (Å²) >= 11 is 0. The molecule has 1 aliphatic rings. The largest absolute Gasteiger partial charge is 0.489 e. The molecule has 7 heteroatoms. The van der Waals surface area contributed by atoms with Gasteiger partial charge < -0.3 is 15.0 Å². The number of carbonyl (C=O) groups is 2. The van der Waals surface area contributed by atoms with Crippen LogP contribution in [0.2, 0.25) is 0 Å². The van der Waals surface area contributed by atoms with Crippen LogP contribution in [0.5, 0.6) is 5.75 Å². The molecule has 1 unspecified atom stereocenters. The predicted octanol–water partition coefficient (Wildman–Crippen LogP) is 4.80. The second-order valence-corrected chi connectivity index (χ2v) is 8.82. The summed E-state index contributed by atoms with van der Waals surface area (Å²) in [7, 11) is 0. The Labute approximate surface area is 205 Å². The molecule has 1 atom stereocenters. The van der Waals surface area contributed by atoms with E-state index in [1.165, 1.54) is 18.3 Å². The summed E-state index contributed by atoms with van der Waals surface area (Å²) in [4.78, 5) is 30.4. The third kappa shape index (κ3) is 7.12. The molecule has 182 valence electrons. The molecule has 0 radical (unpaired) electrons. The molecule has 4 rings (SSSR count). The van der Waals surface area contributed by atoms with E-state index in [-0.39, 0.29) is 23.8 Å². The fraction of sp³-hybridized carbons (Fsp3) is 0.321. The third-order valence-electron chi connectivity index (χ3n) is 6.26. The van der Waals surface area contributed by atoms with E-state index < -0.39 is 11.9 Å². The first-order chi connectivity index (χ1) is 17.1. The number of amides is 1. The van der Waals surface area contributed by atoms with Crippen molar-refractivity contribution in [1.29, 1.82) is 0 Å². The minimum Gasteiger partial charge on any atom is -0.489 e. The van der Waals surface area contributed by atoms with Gasteiger partial charge in [0, 0.05) is 31.4 Å². The lowest BCUT2D eigenvalue weighted by molar-refractivity contribution is -0.119. The first-order valence-corrected chi connectivity index (χ1v) is 12.0. The number of ketones is 1. The van der Waals surface area contributed by atoms with Crippen LogP contribution in [-0.4, -0.2) is 36.3 Å². The Bertz CT molecular complexity index is 1120. The molecule has 2 aromatic carbocycles. The van der Waals surface area contributed by atoms with Crippen molar-refractivity contribution in [2.45, 2.75) is 32.3 Å². The molecule has 0 aliphatic carbocycles. The van der Waals surface area contributed by atoms with E-state index in [1.54, 1.807) is 0 Å². The highest BCUT2D eigenvalue weighted by Crippen LogP contribution is 2.26. The molecule has 2 heterocycles. The Morgan fingerprint density at radius 3 is 2.57 bits per heavy atom. The van der Waals surface area contributed by atoms with Crippen molar-refractivity contribution >= 4 is 17.4 Å². The van der Waals surface area contributed by atoms with Crippen LogP contribution in [0.25, 0.3) is 0 Å². The number of aromatic nitrogens is 1. The normalized spacial score (nSPS) is 15.8. The average molecular weight is 476 g/mol. The molecular weight excluding hydrogens is 445 g/mol. The van der Waals surface area contributed by atoms with E-state index in [4.69, 9.17) is 4.74 Å². The minimum atomic E-state index is -0.836. The molecule has 1 fully saturated rings. The maximum Gasteiger partial charge on any atom is 0.256 e. The minimum absolute atomic E-state index is 0.0407. The van der Waals surface area contributed by atoms with Crippen molar-refractivity contribution < 1.29 is 18.7 Å². The van der Waals surface area contributed by atoms with Gasteiger partial charge in [-0.3, -0.25) is 9.59 Å². The smallest absolute Gasteiger partial charge is 0.256 e. The van der Waals surface area contributed by atoms with Gasteiger partial charge in [0.1, 0.15) is 12.4 Å². The van der Waals surface area contributed by atoms with E-state index in [0.29, 0.717) is 13.0 Å². The monoisotopic (exact) mass is 475 g/mol. The first-order valence-electron chi connectivity index (χ1n) is 12.0. The Morgan fingerprint density at radius 1 is 1.00 bits per heavy atom. The molecule has 35 heavy (non-hydrogen) atoms. The summed E-state index contributed by atoms with van der Waals surface area (Å²) in [5.41, 5.74) is 2.13. The lowest BCUT2D eigenvalue weighted by Crippen LogP contribution is -2.31. The van der Waals surface area contributed by atoms with Gasteiger partial charge in [-0.05, 0) is 67.1 Å². The van der Waals surface area contributed by atoms with Crippen LogP contribution >= 0.6 is 0 Å². The maximum atomic E-state index is 13.6. The lowest BCUT2D eigenvalue weighted by atomic mass is 9.94. The van der Waals surface area contributed by atoms with Crippen molar-refractivity contribution in [3.8, 4) is 5.75 Å². The van der Waals surface area contributed by atoms with E-state index in [0.717, 1.165) is 49.4 Å². The zero-order valence-electron chi connectivity index (χ0n) is 19.7. The number of pyridine rings is 1. The summed E-state index contributed by atoms with van der Waals surface area (Å²) in [5.74, 6) is -0.387. The molecule has 3 aromatic rings. The number of anilines is 1. The number of hydrogen-bond donors (Lipinski definition) is 1. The fourth-order valence-electron chi connectivity index (χ4n) is 4.35. The van der Waals surface area contributed by atoms with Crippen LogP contribution in [-0.2, 0) is 11.4 Å². The third-order valence-corrected chi connectivity index (χ3v) is 6.26. The number of benzene rings is 2. The Hall–Kier alpha value is -3.74. The highest BCUT2D eigenvalue weighted by Gasteiger charge is 2.21. The summed E-state index contributed by atoms with van der Waals surface area (Å²) in [6.45, 7) is 2.25. The van der Waals surface area contributed by atoms with Gasteiger partial charge in [-0.15, -0.1) is 0 Å². The van der Waals surface area contributed by atoms with E-state index in [2.05, 4.69) is 27.3 Å². The predicted molar refractivity (Wildman–Crippen MR) is 133 cm³/mol. The zero-order valence-corrected chi connectivity index (χ0v) is 19.7. The van der Waals surface area contributed by atoms with Crippen LogP contribution in [0.15, 0.2) is 72.9 Å². The Morgan fingerprint density at radius 2 is 1.80 bits per heavy atom. The quantitative estimate of drug-likeness (QED) is 0.451. The average Bonchev–Trinajstić information content (AvgIpc) is 3.13. The fourth-order valence-corrected chi connectivity index (χ4v) is 4.35. The Kier molecular flexibility index (Phi) is 8.44. The van der Waals surface area contributed by atoms with Crippen molar-refractivity contribution in [3.63, 3.8) is 0 Å². The molecule has 6 nitrogen and oxygen atoms in total. The van der Waals surface area contributed by atoms with Crippen LogP contribution in [0.4, 0.5) is 10.1 Å². The molecule has 0 bridgehead atoms. The van der Waals surface area contributed by atoms with Crippen molar-refractivity contribution in [3.05, 3.63) is 90.0 Å².